The standard InChI is InChI=1S/C11H8BrClFN3/c12-7-4-6(15)5-16-11(7)17-9-3-1-2-8(13)10(9)14/h1-5H,15H2,(H,16,17). The van der Waals surface area contributed by atoms with Crippen LogP contribution in [-0.4, -0.2) is 4.98 Å². The van der Waals surface area contributed by atoms with Crippen molar-refractivity contribution >= 4 is 44.7 Å². The van der Waals surface area contributed by atoms with Gasteiger partial charge >= 0.3 is 0 Å². The molecule has 0 radical (unpaired) electrons. The summed E-state index contributed by atoms with van der Waals surface area (Å²) in [7, 11) is 0. The fraction of sp³-hybridized carbons (Fsp3) is 0. The van der Waals surface area contributed by atoms with Crippen LogP contribution in [0, 0.1) is 5.82 Å². The number of benzene rings is 1. The van der Waals surface area contributed by atoms with Gasteiger partial charge in [0, 0.05) is 0 Å². The molecular weight excluding hydrogens is 308 g/mol. The van der Waals surface area contributed by atoms with E-state index in [1.165, 1.54) is 12.3 Å². The first kappa shape index (κ1) is 12.1. The Morgan fingerprint density at radius 3 is 2.88 bits per heavy atom. The Bertz CT molecular complexity index is 562. The molecule has 0 fully saturated rings. The Balaban J connectivity index is 2.35. The van der Waals surface area contributed by atoms with Crippen molar-refractivity contribution in [2.75, 3.05) is 11.1 Å². The van der Waals surface area contributed by atoms with Gasteiger partial charge in [-0.3, -0.25) is 0 Å². The number of pyridine rings is 1. The number of hydrogen-bond acceptors (Lipinski definition) is 3. The third-order valence-corrected chi connectivity index (χ3v) is 2.96. The summed E-state index contributed by atoms with van der Waals surface area (Å²) in [6, 6.07) is 6.38. The number of hydrogen-bond donors (Lipinski definition) is 2. The molecule has 3 N–H and O–H groups in total. The fourth-order valence-corrected chi connectivity index (χ4v) is 1.91. The summed E-state index contributed by atoms with van der Waals surface area (Å²) in [5.74, 6) is -0.0416. The molecule has 2 rings (SSSR count). The second-order valence-corrected chi connectivity index (χ2v) is 4.59. The van der Waals surface area contributed by atoms with Crippen molar-refractivity contribution in [3.63, 3.8) is 0 Å². The van der Waals surface area contributed by atoms with Crippen LogP contribution >= 0.6 is 27.5 Å². The average Bonchev–Trinajstić information content (AvgIpc) is 2.28. The average molecular weight is 317 g/mol. The lowest BCUT2D eigenvalue weighted by Gasteiger charge is -2.09. The van der Waals surface area contributed by atoms with E-state index in [0.29, 0.717) is 16.0 Å². The van der Waals surface area contributed by atoms with Crippen molar-refractivity contribution in [3.05, 3.63) is 45.8 Å². The van der Waals surface area contributed by atoms with Crippen LogP contribution in [0.5, 0.6) is 0 Å². The monoisotopic (exact) mass is 315 g/mol. The Kier molecular flexibility index (Phi) is 3.49. The van der Waals surface area contributed by atoms with Crippen LogP contribution < -0.4 is 11.1 Å². The maximum absolute atomic E-state index is 13.6. The van der Waals surface area contributed by atoms with Crippen LogP contribution in [0.3, 0.4) is 0 Å². The quantitative estimate of drug-likeness (QED) is 0.881. The molecule has 6 heteroatoms. The van der Waals surface area contributed by atoms with Gasteiger partial charge in [0.25, 0.3) is 0 Å². The molecular formula is C11H8BrClFN3. The summed E-state index contributed by atoms with van der Waals surface area (Å²) in [6.45, 7) is 0. The third kappa shape index (κ3) is 2.68. The highest BCUT2D eigenvalue weighted by Crippen LogP contribution is 2.28. The van der Waals surface area contributed by atoms with Crippen LogP contribution in [-0.2, 0) is 0 Å². The van der Waals surface area contributed by atoms with E-state index in [9.17, 15) is 4.39 Å². The summed E-state index contributed by atoms with van der Waals surface area (Å²) in [6.07, 6.45) is 1.48. The summed E-state index contributed by atoms with van der Waals surface area (Å²) in [4.78, 5) is 4.05. The third-order valence-electron chi connectivity index (χ3n) is 2.07. The summed E-state index contributed by atoms with van der Waals surface area (Å²) in [5.41, 5.74) is 6.34. The molecule has 17 heavy (non-hydrogen) atoms. The molecule has 2 aromatic rings. The first-order chi connectivity index (χ1) is 8.08. The molecule has 0 unspecified atom stereocenters. The van der Waals surface area contributed by atoms with Gasteiger partial charge < -0.3 is 11.1 Å². The SMILES string of the molecule is Nc1cnc(Nc2cccc(Cl)c2F)c(Br)c1. The maximum atomic E-state index is 13.6. The smallest absolute Gasteiger partial charge is 0.165 e. The number of nitrogens with one attached hydrogen (secondary N) is 1. The maximum Gasteiger partial charge on any atom is 0.165 e. The molecule has 0 amide bonds. The van der Waals surface area contributed by atoms with Crippen molar-refractivity contribution in [2.24, 2.45) is 0 Å². The van der Waals surface area contributed by atoms with Gasteiger partial charge in [-0.2, -0.15) is 0 Å². The minimum absolute atomic E-state index is 0.0570. The van der Waals surface area contributed by atoms with Gasteiger partial charge in [-0.15, -0.1) is 0 Å². The molecule has 88 valence electrons. The minimum atomic E-state index is -0.514. The van der Waals surface area contributed by atoms with Crippen molar-refractivity contribution < 1.29 is 4.39 Å². The minimum Gasteiger partial charge on any atom is -0.397 e. The van der Waals surface area contributed by atoms with Crippen LogP contribution in [0.15, 0.2) is 34.9 Å². The predicted octanol–water partition coefficient (Wildman–Crippen LogP) is 3.96. The topological polar surface area (TPSA) is 50.9 Å². The normalized spacial score (nSPS) is 10.3. The molecule has 0 aliphatic carbocycles. The van der Waals surface area contributed by atoms with Crippen LogP contribution in [0.1, 0.15) is 0 Å². The van der Waals surface area contributed by atoms with Gasteiger partial charge in [0.15, 0.2) is 5.82 Å². The van der Waals surface area contributed by atoms with E-state index in [2.05, 4.69) is 26.2 Å². The molecule has 1 heterocycles. The first-order valence-corrected chi connectivity index (χ1v) is 5.87. The van der Waals surface area contributed by atoms with E-state index in [1.807, 2.05) is 0 Å². The van der Waals surface area contributed by atoms with Gasteiger partial charge in [0.1, 0.15) is 5.82 Å². The molecule has 1 aromatic carbocycles. The number of nitrogens with zero attached hydrogens (tertiary/aromatic N) is 1. The molecule has 0 aliphatic rings. The van der Waals surface area contributed by atoms with E-state index in [-0.39, 0.29) is 10.7 Å². The number of aromatic nitrogens is 1. The number of nitrogens with two attached hydrogens (primary N) is 1. The molecule has 1 aromatic heterocycles. The van der Waals surface area contributed by atoms with E-state index in [0.717, 1.165) is 0 Å². The van der Waals surface area contributed by atoms with Gasteiger partial charge in [-0.1, -0.05) is 17.7 Å². The Labute approximate surface area is 111 Å². The molecule has 3 nitrogen and oxygen atoms in total. The van der Waals surface area contributed by atoms with Gasteiger partial charge in [0.2, 0.25) is 0 Å². The molecule has 0 bridgehead atoms. The fourth-order valence-electron chi connectivity index (χ4n) is 1.27. The highest BCUT2D eigenvalue weighted by Gasteiger charge is 2.08. The zero-order valence-electron chi connectivity index (χ0n) is 8.55. The first-order valence-electron chi connectivity index (χ1n) is 4.70. The van der Waals surface area contributed by atoms with Crippen LogP contribution in [0.2, 0.25) is 5.02 Å². The van der Waals surface area contributed by atoms with Gasteiger partial charge in [-0.25, -0.2) is 9.37 Å². The molecule has 0 saturated carbocycles. The van der Waals surface area contributed by atoms with Crippen LogP contribution in [0.25, 0.3) is 0 Å². The zero-order valence-corrected chi connectivity index (χ0v) is 10.9. The van der Waals surface area contributed by atoms with E-state index >= 15 is 0 Å². The summed E-state index contributed by atoms with van der Waals surface area (Å²) >= 11 is 8.97. The lowest BCUT2D eigenvalue weighted by molar-refractivity contribution is 0.632. The Morgan fingerprint density at radius 1 is 1.41 bits per heavy atom. The van der Waals surface area contributed by atoms with Crippen molar-refractivity contribution in [3.8, 4) is 0 Å². The Morgan fingerprint density at radius 2 is 2.18 bits per heavy atom. The number of halogens is 3. The van der Waals surface area contributed by atoms with Crippen molar-refractivity contribution in [1.29, 1.82) is 0 Å². The number of anilines is 3. The second kappa shape index (κ2) is 4.89. The lowest BCUT2D eigenvalue weighted by atomic mass is 10.3. The van der Waals surface area contributed by atoms with Gasteiger partial charge in [-0.05, 0) is 34.1 Å². The molecule has 0 atom stereocenters. The summed E-state index contributed by atoms with van der Waals surface area (Å²) < 4.78 is 14.3. The van der Waals surface area contributed by atoms with Crippen LogP contribution in [0.4, 0.5) is 21.6 Å². The molecule has 0 spiro atoms. The second-order valence-electron chi connectivity index (χ2n) is 3.33. The van der Waals surface area contributed by atoms with E-state index < -0.39 is 5.82 Å². The largest absolute Gasteiger partial charge is 0.397 e. The highest BCUT2D eigenvalue weighted by molar-refractivity contribution is 9.10. The van der Waals surface area contributed by atoms with Crippen molar-refractivity contribution in [1.82, 2.24) is 4.98 Å². The lowest BCUT2D eigenvalue weighted by Crippen LogP contribution is -1.98. The van der Waals surface area contributed by atoms with E-state index in [4.69, 9.17) is 17.3 Å². The van der Waals surface area contributed by atoms with Gasteiger partial charge in [0.05, 0.1) is 27.1 Å². The highest BCUT2D eigenvalue weighted by atomic mass is 79.9. The zero-order chi connectivity index (χ0) is 12.4. The molecule has 0 saturated heterocycles. The van der Waals surface area contributed by atoms with Crippen molar-refractivity contribution in [2.45, 2.75) is 0 Å². The molecule has 0 aliphatic heterocycles. The Hall–Kier alpha value is -1.33. The van der Waals surface area contributed by atoms with E-state index in [1.54, 1.807) is 18.2 Å². The number of rotatable bonds is 2. The summed E-state index contributed by atoms with van der Waals surface area (Å²) in [5, 5.41) is 2.89. The number of nitrogen functional groups attached to an aromatic ring is 1. The predicted molar refractivity (Wildman–Crippen MR) is 71.0 cm³/mol.